The molecule has 0 aliphatic heterocycles. The lowest BCUT2D eigenvalue weighted by atomic mass is 10.0. The van der Waals surface area contributed by atoms with Gasteiger partial charge in [-0.1, -0.05) is 35.0 Å². The van der Waals surface area contributed by atoms with Crippen LogP contribution in [0.1, 0.15) is 48.1 Å². The van der Waals surface area contributed by atoms with Gasteiger partial charge in [0.1, 0.15) is 0 Å². The van der Waals surface area contributed by atoms with Gasteiger partial charge in [-0.05, 0) is 61.2 Å². The number of amides is 1. The second-order valence-corrected chi connectivity index (χ2v) is 9.04. The molecule has 1 fully saturated rings. The van der Waals surface area contributed by atoms with E-state index in [9.17, 15) is 13.2 Å². The van der Waals surface area contributed by atoms with Crippen LogP contribution in [-0.4, -0.2) is 20.4 Å². The molecule has 5 nitrogen and oxygen atoms in total. The Morgan fingerprint density at radius 2 is 1.73 bits per heavy atom. The largest absolute Gasteiger partial charge is 0.345 e. The Kier molecular flexibility index (Phi) is 5.79. The molecule has 2 aromatic rings. The van der Waals surface area contributed by atoms with E-state index in [1.165, 1.54) is 12.1 Å². The highest BCUT2D eigenvalue weighted by Crippen LogP contribution is 2.23. The van der Waals surface area contributed by atoms with Crippen molar-refractivity contribution in [2.45, 2.75) is 43.2 Å². The maximum Gasteiger partial charge on any atom is 0.251 e. The van der Waals surface area contributed by atoms with Crippen molar-refractivity contribution in [3.05, 3.63) is 64.1 Å². The molecule has 0 radical (unpaired) electrons. The summed E-state index contributed by atoms with van der Waals surface area (Å²) < 4.78 is 28.0. The lowest BCUT2D eigenvalue weighted by Crippen LogP contribution is -2.28. The van der Waals surface area contributed by atoms with Crippen LogP contribution in [-0.2, 0) is 10.0 Å². The Morgan fingerprint density at radius 1 is 1.12 bits per heavy atom. The quantitative estimate of drug-likeness (QED) is 0.693. The molecule has 7 heteroatoms. The minimum atomic E-state index is -3.50. The Balaban J connectivity index is 1.69. The zero-order chi connectivity index (χ0) is 18.7. The topological polar surface area (TPSA) is 75.3 Å². The van der Waals surface area contributed by atoms with E-state index < -0.39 is 10.0 Å². The van der Waals surface area contributed by atoms with Gasteiger partial charge in [-0.3, -0.25) is 4.79 Å². The molecule has 0 bridgehead atoms. The number of halogens is 1. The van der Waals surface area contributed by atoms with Crippen LogP contribution in [0.4, 0.5) is 0 Å². The first-order chi connectivity index (χ1) is 12.4. The van der Waals surface area contributed by atoms with Crippen LogP contribution in [0.25, 0.3) is 0 Å². The number of hydrogen-bond donors (Lipinski definition) is 2. The fourth-order valence-electron chi connectivity index (χ4n) is 2.63. The molecular formula is C19H21BrN2O3S. The van der Waals surface area contributed by atoms with E-state index in [1.807, 2.05) is 31.2 Å². The van der Waals surface area contributed by atoms with Crippen molar-refractivity contribution in [3.63, 3.8) is 0 Å². The second kappa shape index (κ2) is 7.90. The first-order valence-corrected chi connectivity index (χ1v) is 10.9. The van der Waals surface area contributed by atoms with E-state index in [2.05, 4.69) is 26.0 Å². The summed E-state index contributed by atoms with van der Waals surface area (Å²) in [6, 6.07) is 13.8. The second-order valence-electron chi connectivity index (χ2n) is 6.41. The zero-order valence-electron chi connectivity index (χ0n) is 14.4. The van der Waals surface area contributed by atoms with Gasteiger partial charge >= 0.3 is 0 Å². The lowest BCUT2D eigenvalue weighted by molar-refractivity contribution is 0.0935. The van der Waals surface area contributed by atoms with Gasteiger partial charge < -0.3 is 5.32 Å². The van der Waals surface area contributed by atoms with Crippen molar-refractivity contribution in [1.29, 1.82) is 0 Å². The molecule has 1 aliphatic rings. The summed E-state index contributed by atoms with van der Waals surface area (Å²) >= 11 is 3.40. The molecule has 0 saturated heterocycles. The van der Waals surface area contributed by atoms with Gasteiger partial charge in [-0.2, -0.15) is 0 Å². The highest BCUT2D eigenvalue weighted by atomic mass is 79.9. The van der Waals surface area contributed by atoms with Gasteiger partial charge in [0, 0.05) is 16.1 Å². The molecule has 1 atom stereocenters. The highest BCUT2D eigenvalue weighted by molar-refractivity contribution is 9.10. The smallest absolute Gasteiger partial charge is 0.251 e. The van der Waals surface area contributed by atoms with E-state index >= 15 is 0 Å². The van der Waals surface area contributed by atoms with Gasteiger partial charge in [0.2, 0.25) is 10.0 Å². The van der Waals surface area contributed by atoms with Crippen LogP contribution >= 0.6 is 15.9 Å². The highest BCUT2D eigenvalue weighted by Gasteiger charge is 2.28. The summed E-state index contributed by atoms with van der Waals surface area (Å²) in [5, 5.41) is 3.00. The van der Waals surface area contributed by atoms with E-state index in [4.69, 9.17) is 0 Å². The minimum absolute atomic E-state index is 0.0548. The summed E-state index contributed by atoms with van der Waals surface area (Å²) in [4.78, 5) is 12.7. The van der Waals surface area contributed by atoms with Crippen LogP contribution in [0, 0.1) is 0 Å². The number of benzene rings is 2. The average molecular weight is 437 g/mol. The number of sulfonamides is 1. The molecule has 138 valence electrons. The van der Waals surface area contributed by atoms with Crippen molar-refractivity contribution < 1.29 is 13.2 Å². The third-order valence-corrected chi connectivity index (χ3v) is 6.38. The molecule has 0 heterocycles. The molecule has 1 amide bonds. The molecule has 1 aliphatic carbocycles. The van der Waals surface area contributed by atoms with E-state index in [1.54, 1.807) is 12.1 Å². The molecule has 2 N–H and O–H groups in total. The van der Waals surface area contributed by atoms with Crippen LogP contribution in [0.3, 0.4) is 0 Å². The van der Waals surface area contributed by atoms with E-state index in [0.29, 0.717) is 5.56 Å². The fourth-order valence-corrected chi connectivity index (χ4v) is 4.20. The Morgan fingerprint density at radius 3 is 2.27 bits per heavy atom. The maximum absolute atomic E-state index is 12.5. The molecule has 0 unspecified atom stereocenters. The molecule has 3 rings (SSSR count). The predicted octanol–water partition coefficient (Wildman–Crippen LogP) is 3.77. The molecular weight excluding hydrogens is 416 g/mol. The van der Waals surface area contributed by atoms with Crippen LogP contribution in [0.15, 0.2) is 57.9 Å². The van der Waals surface area contributed by atoms with Gasteiger partial charge in [0.05, 0.1) is 10.9 Å². The number of rotatable bonds is 7. The summed E-state index contributed by atoms with van der Waals surface area (Å²) in [6.45, 7) is 2.01. The van der Waals surface area contributed by atoms with Crippen LogP contribution in [0.2, 0.25) is 0 Å². The first kappa shape index (κ1) is 19.1. The van der Waals surface area contributed by atoms with Crippen molar-refractivity contribution in [2.75, 3.05) is 0 Å². The standard InChI is InChI=1S/C19H21BrN2O3S/c1-2-18(13-3-7-15(20)8-4-13)21-19(23)14-5-11-17(12-6-14)26(24,25)22-16-9-10-16/h3-8,11-12,16,18,22H,2,9-10H2,1H3,(H,21,23)/t18-/m0/s1. The Labute approximate surface area is 162 Å². The molecule has 0 aromatic heterocycles. The molecule has 0 spiro atoms. The van der Waals surface area contributed by atoms with Crippen LogP contribution in [0.5, 0.6) is 0 Å². The third-order valence-electron chi connectivity index (χ3n) is 4.31. The third kappa shape index (κ3) is 4.72. The normalized spacial score (nSPS) is 15.5. The number of nitrogens with one attached hydrogen (secondary N) is 2. The molecule has 2 aromatic carbocycles. The summed E-state index contributed by atoms with van der Waals surface area (Å²) in [6.07, 6.45) is 2.52. The Bertz CT molecular complexity index is 876. The van der Waals surface area contributed by atoms with Crippen molar-refractivity contribution in [1.82, 2.24) is 10.0 Å². The first-order valence-electron chi connectivity index (χ1n) is 8.58. The fraction of sp³-hybridized carbons (Fsp3) is 0.316. The SMILES string of the molecule is CC[C@H](NC(=O)c1ccc(S(=O)(=O)NC2CC2)cc1)c1ccc(Br)cc1. The van der Waals surface area contributed by atoms with E-state index in [-0.39, 0.29) is 22.9 Å². The molecule has 1 saturated carbocycles. The maximum atomic E-state index is 12.5. The summed E-state index contributed by atoms with van der Waals surface area (Å²) in [7, 11) is -3.50. The van der Waals surface area contributed by atoms with Crippen molar-refractivity contribution >= 4 is 31.9 Å². The minimum Gasteiger partial charge on any atom is -0.345 e. The summed E-state index contributed by atoms with van der Waals surface area (Å²) in [5.74, 6) is -0.223. The van der Waals surface area contributed by atoms with Gasteiger partial charge in [-0.15, -0.1) is 0 Å². The molecule has 26 heavy (non-hydrogen) atoms. The van der Waals surface area contributed by atoms with Gasteiger partial charge in [-0.25, -0.2) is 13.1 Å². The van der Waals surface area contributed by atoms with Crippen molar-refractivity contribution in [2.24, 2.45) is 0 Å². The number of hydrogen-bond acceptors (Lipinski definition) is 3. The zero-order valence-corrected chi connectivity index (χ0v) is 16.8. The average Bonchev–Trinajstić information content (AvgIpc) is 3.44. The lowest BCUT2D eigenvalue weighted by Gasteiger charge is -2.18. The van der Waals surface area contributed by atoms with Gasteiger partial charge in [0.15, 0.2) is 0 Å². The number of carbonyl (C=O) groups excluding carboxylic acids is 1. The predicted molar refractivity (Wildman–Crippen MR) is 104 cm³/mol. The monoisotopic (exact) mass is 436 g/mol. The van der Waals surface area contributed by atoms with Crippen LogP contribution < -0.4 is 10.0 Å². The summed E-state index contributed by atoms with van der Waals surface area (Å²) in [5.41, 5.74) is 1.46. The Hall–Kier alpha value is -1.70. The van der Waals surface area contributed by atoms with E-state index in [0.717, 1.165) is 29.3 Å². The van der Waals surface area contributed by atoms with Crippen molar-refractivity contribution in [3.8, 4) is 0 Å². The van der Waals surface area contributed by atoms with Gasteiger partial charge in [0.25, 0.3) is 5.91 Å². The number of carbonyl (C=O) groups is 1.